The zero-order valence-electron chi connectivity index (χ0n) is 16.2. The molecule has 0 saturated heterocycles. The van der Waals surface area contributed by atoms with Gasteiger partial charge < -0.3 is 9.64 Å². The van der Waals surface area contributed by atoms with Crippen molar-refractivity contribution in [2.45, 2.75) is 31.2 Å². The fraction of sp³-hybridized carbons (Fsp3) is 0.350. The SMILES string of the molecule is CCC(=O)N(CCc1ccc(S(=O)(=O)NC)cc1)Cc1cc(Cl)ccc1OC. The molecule has 2 aromatic rings. The van der Waals surface area contributed by atoms with Gasteiger partial charge in [-0.1, -0.05) is 30.7 Å². The van der Waals surface area contributed by atoms with Crippen LogP contribution in [0.4, 0.5) is 0 Å². The number of hydrogen-bond donors (Lipinski definition) is 1. The van der Waals surface area contributed by atoms with Crippen LogP contribution < -0.4 is 9.46 Å². The van der Waals surface area contributed by atoms with Crippen molar-refractivity contribution in [1.29, 1.82) is 0 Å². The quantitative estimate of drug-likeness (QED) is 0.670. The van der Waals surface area contributed by atoms with Crippen molar-refractivity contribution in [3.63, 3.8) is 0 Å². The molecule has 0 aliphatic heterocycles. The molecular weight excluding hydrogens is 400 g/mol. The maximum Gasteiger partial charge on any atom is 0.240 e. The van der Waals surface area contributed by atoms with Crippen LogP contribution in [0.5, 0.6) is 5.75 Å². The number of nitrogens with one attached hydrogen (secondary N) is 1. The summed E-state index contributed by atoms with van der Waals surface area (Å²) in [4.78, 5) is 14.4. The summed E-state index contributed by atoms with van der Waals surface area (Å²) in [6.07, 6.45) is 0.997. The maximum atomic E-state index is 12.4. The molecule has 0 spiro atoms. The van der Waals surface area contributed by atoms with Crippen LogP contribution in [0.1, 0.15) is 24.5 Å². The fourth-order valence-electron chi connectivity index (χ4n) is 2.81. The summed E-state index contributed by atoms with van der Waals surface area (Å²) in [5.41, 5.74) is 1.79. The highest BCUT2D eigenvalue weighted by atomic mass is 35.5. The van der Waals surface area contributed by atoms with Crippen molar-refractivity contribution in [1.82, 2.24) is 9.62 Å². The Labute approximate surface area is 171 Å². The number of carbonyl (C=O) groups excluding carboxylic acids is 1. The van der Waals surface area contributed by atoms with Crippen molar-refractivity contribution in [3.8, 4) is 5.75 Å². The normalized spacial score (nSPS) is 11.3. The van der Waals surface area contributed by atoms with Crippen LogP contribution in [0.3, 0.4) is 0 Å². The van der Waals surface area contributed by atoms with E-state index in [-0.39, 0.29) is 10.8 Å². The van der Waals surface area contributed by atoms with E-state index in [0.29, 0.717) is 36.7 Å². The van der Waals surface area contributed by atoms with Gasteiger partial charge in [-0.2, -0.15) is 0 Å². The lowest BCUT2D eigenvalue weighted by Crippen LogP contribution is -2.32. The Morgan fingerprint density at radius 3 is 2.43 bits per heavy atom. The second-order valence-corrected chi connectivity index (χ2v) is 8.55. The molecule has 0 aromatic heterocycles. The van der Waals surface area contributed by atoms with Gasteiger partial charge in [0, 0.05) is 30.1 Å². The largest absolute Gasteiger partial charge is 0.496 e. The second-order valence-electron chi connectivity index (χ2n) is 6.23. The van der Waals surface area contributed by atoms with Gasteiger partial charge in [0.25, 0.3) is 0 Å². The van der Waals surface area contributed by atoms with Crippen molar-refractivity contribution < 1.29 is 17.9 Å². The number of benzene rings is 2. The van der Waals surface area contributed by atoms with Gasteiger partial charge >= 0.3 is 0 Å². The van der Waals surface area contributed by atoms with Gasteiger partial charge in [-0.25, -0.2) is 13.1 Å². The minimum atomic E-state index is -3.46. The maximum absolute atomic E-state index is 12.4. The summed E-state index contributed by atoms with van der Waals surface area (Å²) < 4.78 is 31.3. The number of halogens is 1. The summed E-state index contributed by atoms with van der Waals surface area (Å²) in [5.74, 6) is 0.705. The summed E-state index contributed by atoms with van der Waals surface area (Å²) >= 11 is 6.09. The Morgan fingerprint density at radius 2 is 1.86 bits per heavy atom. The number of nitrogens with zero attached hydrogens (tertiary/aromatic N) is 1. The van der Waals surface area contributed by atoms with E-state index >= 15 is 0 Å². The first-order chi connectivity index (χ1) is 13.3. The van der Waals surface area contributed by atoms with Gasteiger partial charge in [0.15, 0.2) is 0 Å². The van der Waals surface area contributed by atoms with E-state index in [1.165, 1.54) is 7.05 Å². The molecule has 28 heavy (non-hydrogen) atoms. The molecule has 1 N–H and O–H groups in total. The Kier molecular flexibility index (Phi) is 7.86. The first-order valence-corrected chi connectivity index (χ1v) is 10.8. The molecule has 0 atom stereocenters. The fourth-order valence-corrected chi connectivity index (χ4v) is 3.73. The lowest BCUT2D eigenvalue weighted by Gasteiger charge is -2.23. The van der Waals surface area contributed by atoms with E-state index < -0.39 is 10.0 Å². The van der Waals surface area contributed by atoms with Gasteiger partial charge in [-0.3, -0.25) is 4.79 Å². The zero-order chi connectivity index (χ0) is 20.7. The molecule has 2 rings (SSSR count). The van der Waals surface area contributed by atoms with Crippen LogP contribution in [-0.2, 0) is 27.8 Å². The highest BCUT2D eigenvalue weighted by molar-refractivity contribution is 7.89. The van der Waals surface area contributed by atoms with E-state index in [9.17, 15) is 13.2 Å². The molecular formula is C20H25ClN2O4S. The molecule has 2 aromatic carbocycles. The van der Waals surface area contributed by atoms with Gasteiger partial charge in [0.05, 0.1) is 12.0 Å². The minimum absolute atomic E-state index is 0.0245. The van der Waals surface area contributed by atoms with E-state index in [0.717, 1.165) is 11.1 Å². The molecule has 1 amide bonds. The third-order valence-electron chi connectivity index (χ3n) is 4.43. The first kappa shape index (κ1) is 22.2. The number of ether oxygens (including phenoxy) is 1. The van der Waals surface area contributed by atoms with E-state index in [1.807, 2.05) is 6.92 Å². The predicted molar refractivity (Wildman–Crippen MR) is 110 cm³/mol. The van der Waals surface area contributed by atoms with Crippen LogP contribution in [0, 0.1) is 0 Å². The molecule has 0 radical (unpaired) electrons. The standard InChI is InChI=1S/C20H25ClN2O4S/c1-4-20(24)23(14-16-13-17(21)7-10-19(16)27-3)12-11-15-5-8-18(9-6-15)28(25,26)22-2/h5-10,13,22H,4,11-12,14H2,1-3H3. The molecule has 0 bridgehead atoms. The van der Waals surface area contributed by atoms with Gasteiger partial charge in [-0.05, 0) is 49.4 Å². The molecule has 0 fully saturated rings. The summed E-state index contributed by atoms with van der Waals surface area (Å²) in [7, 11) is -0.498. The molecule has 0 aliphatic rings. The molecule has 152 valence electrons. The van der Waals surface area contributed by atoms with Crippen molar-refractivity contribution >= 4 is 27.5 Å². The monoisotopic (exact) mass is 424 g/mol. The molecule has 8 heteroatoms. The summed E-state index contributed by atoms with van der Waals surface area (Å²) in [6, 6.07) is 12.0. The number of amides is 1. The molecule has 6 nitrogen and oxygen atoms in total. The lowest BCUT2D eigenvalue weighted by molar-refractivity contribution is -0.131. The Morgan fingerprint density at radius 1 is 1.18 bits per heavy atom. The van der Waals surface area contributed by atoms with Crippen LogP contribution in [0.2, 0.25) is 5.02 Å². The average molecular weight is 425 g/mol. The van der Waals surface area contributed by atoms with Crippen LogP contribution in [0.15, 0.2) is 47.4 Å². The first-order valence-electron chi connectivity index (χ1n) is 8.93. The number of methoxy groups -OCH3 is 1. The summed E-state index contributed by atoms with van der Waals surface area (Å²) in [6.45, 7) is 2.71. The Hall–Kier alpha value is -2.09. The van der Waals surface area contributed by atoms with E-state index in [2.05, 4.69) is 4.72 Å². The lowest BCUT2D eigenvalue weighted by atomic mass is 10.1. The zero-order valence-corrected chi connectivity index (χ0v) is 17.8. The number of sulfonamides is 1. The summed E-state index contributed by atoms with van der Waals surface area (Å²) in [5, 5.41) is 0.584. The van der Waals surface area contributed by atoms with Crippen molar-refractivity contribution in [3.05, 3.63) is 58.6 Å². The Bertz CT molecular complexity index is 914. The third kappa shape index (κ3) is 5.70. The molecule has 0 unspecified atom stereocenters. The average Bonchev–Trinajstić information content (AvgIpc) is 2.71. The smallest absolute Gasteiger partial charge is 0.240 e. The van der Waals surface area contributed by atoms with Crippen molar-refractivity contribution in [2.75, 3.05) is 20.7 Å². The highest BCUT2D eigenvalue weighted by Crippen LogP contribution is 2.24. The van der Waals surface area contributed by atoms with E-state index in [1.54, 1.807) is 54.5 Å². The second kappa shape index (κ2) is 9.91. The van der Waals surface area contributed by atoms with Gasteiger partial charge in [0.1, 0.15) is 5.75 Å². The van der Waals surface area contributed by atoms with Gasteiger partial charge in [0.2, 0.25) is 15.9 Å². The topological polar surface area (TPSA) is 75.7 Å². The number of rotatable bonds is 9. The molecule has 0 aliphatic carbocycles. The molecule has 0 saturated carbocycles. The van der Waals surface area contributed by atoms with Crippen LogP contribution in [0.25, 0.3) is 0 Å². The predicted octanol–water partition coefficient (Wildman–Crippen LogP) is 3.24. The highest BCUT2D eigenvalue weighted by Gasteiger charge is 2.16. The van der Waals surface area contributed by atoms with Crippen LogP contribution in [-0.4, -0.2) is 39.9 Å². The van der Waals surface area contributed by atoms with Crippen molar-refractivity contribution in [2.24, 2.45) is 0 Å². The van der Waals surface area contributed by atoms with Crippen LogP contribution >= 0.6 is 11.6 Å². The molecule has 0 heterocycles. The third-order valence-corrected chi connectivity index (χ3v) is 6.10. The van der Waals surface area contributed by atoms with Gasteiger partial charge in [-0.15, -0.1) is 0 Å². The minimum Gasteiger partial charge on any atom is -0.496 e. The number of hydrogen-bond acceptors (Lipinski definition) is 4. The van der Waals surface area contributed by atoms with E-state index in [4.69, 9.17) is 16.3 Å². The number of carbonyl (C=O) groups is 1. The Balaban J connectivity index is 2.13.